The first kappa shape index (κ1) is 26.3. The molecule has 0 aromatic heterocycles. The number of nitrogens with zero attached hydrogens (tertiary/aromatic N) is 1. The first-order chi connectivity index (χ1) is 18.9. The molecule has 206 valence electrons. The Bertz CT molecular complexity index is 1220. The molecule has 0 saturated heterocycles. The molecule has 2 aromatic rings. The number of carboxylic acids is 1. The van der Waals surface area contributed by atoms with E-state index in [0.717, 1.165) is 49.4 Å². The van der Waals surface area contributed by atoms with Gasteiger partial charge in [0.2, 0.25) is 5.91 Å². The number of hydrogen-bond acceptors (Lipinski definition) is 2. The van der Waals surface area contributed by atoms with Crippen LogP contribution in [0, 0.1) is 11.3 Å². The summed E-state index contributed by atoms with van der Waals surface area (Å²) >= 11 is 0. The van der Waals surface area contributed by atoms with E-state index in [1.165, 1.54) is 75.0 Å². The minimum absolute atomic E-state index is 0.103. The van der Waals surface area contributed by atoms with Gasteiger partial charge in [0, 0.05) is 24.2 Å². The number of hydrogen-bond donors (Lipinski definition) is 1. The van der Waals surface area contributed by atoms with Crippen molar-refractivity contribution in [2.75, 3.05) is 11.4 Å². The third-order valence-electron chi connectivity index (χ3n) is 10.6. The molecule has 7 rings (SSSR count). The normalized spacial score (nSPS) is 27.4. The van der Waals surface area contributed by atoms with E-state index in [1.54, 1.807) is 0 Å². The Morgan fingerprint density at radius 3 is 2.18 bits per heavy atom. The van der Waals surface area contributed by atoms with Gasteiger partial charge in [0.1, 0.15) is 0 Å². The molecule has 5 fully saturated rings. The fourth-order valence-corrected chi connectivity index (χ4v) is 7.85. The molecule has 5 saturated carbocycles. The molecule has 1 N–H and O–H groups in total. The molecule has 0 heterocycles. The SMILES string of the molecule is C/C(=C\C(=O)O)c1cccc(N(CC23CCC(c4ccc(C5CC5)cc4)(CC2)CC3)C(=O)C2CCCCC2)c1. The van der Waals surface area contributed by atoms with Gasteiger partial charge in [-0.15, -0.1) is 0 Å². The zero-order valence-electron chi connectivity index (χ0n) is 23.5. The van der Waals surface area contributed by atoms with Crippen LogP contribution in [0.2, 0.25) is 0 Å². The van der Waals surface area contributed by atoms with E-state index in [1.807, 2.05) is 31.2 Å². The largest absolute Gasteiger partial charge is 0.478 e. The Morgan fingerprint density at radius 2 is 1.56 bits per heavy atom. The van der Waals surface area contributed by atoms with Crippen molar-refractivity contribution >= 4 is 23.1 Å². The van der Waals surface area contributed by atoms with Crippen molar-refractivity contribution in [3.8, 4) is 0 Å². The summed E-state index contributed by atoms with van der Waals surface area (Å²) in [5, 5.41) is 9.27. The molecule has 2 bridgehead atoms. The highest BCUT2D eigenvalue weighted by molar-refractivity contribution is 5.96. The van der Waals surface area contributed by atoms with E-state index in [0.29, 0.717) is 11.0 Å². The topological polar surface area (TPSA) is 57.6 Å². The van der Waals surface area contributed by atoms with E-state index in [4.69, 9.17) is 0 Å². The molecule has 1 amide bonds. The molecular formula is C35H43NO3. The predicted molar refractivity (Wildman–Crippen MR) is 157 cm³/mol. The molecule has 0 aliphatic heterocycles. The molecule has 39 heavy (non-hydrogen) atoms. The predicted octanol–water partition coefficient (Wildman–Crippen LogP) is 8.26. The van der Waals surface area contributed by atoms with Crippen LogP contribution in [-0.4, -0.2) is 23.5 Å². The first-order valence-corrected chi connectivity index (χ1v) is 15.3. The lowest BCUT2D eigenvalue weighted by Crippen LogP contribution is -2.51. The van der Waals surface area contributed by atoms with Crippen molar-refractivity contribution < 1.29 is 14.7 Å². The van der Waals surface area contributed by atoms with Crippen LogP contribution in [0.4, 0.5) is 5.69 Å². The molecular weight excluding hydrogens is 482 g/mol. The van der Waals surface area contributed by atoms with Gasteiger partial charge in [-0.3, -0.25) is 4.79 Å². The third kappa shape index (κ3) is 5.44. The number of carbonyl (C=O) groups is 2. The van der Waals surface area contributed by atoms with Crippen LogP contribution in [0.5, 0.6) is 0 Å². The van der Waals surface area contributed by atoms with Crippen molar-refractivity contribution in [1.82, 2.24) is 0 Å². The maximum Gasteiger partial charge on any atom is 0.328 e. The Kier molecular flexibility index (Phi) is 7.16. The number of fused-ring (bicyclic) bond motifs is 3. The van der Waals surface area contributed by atoms with Gasteiger partial charge in [-0.25, -0.2) is 4.79 Å². The highest BCUT2D eigenvalue weighted by Gasteiger charge is 2.50. The zero-order valence-corrected chi connectivity index (χ0v) is 23.5. The number of anilines is 1. The third-order valence-corrected chi connectivity index (χ3v) is 10.6. The van der Waals surface area contributed by atoms with E-state index in [9.17, 15) is 14.7 Å². The second-order valence-electron chi connectivity index (χ2n) is 13.2. The Morgan fingerprint density at radius 1 is 0.897 bits per heavy atom. The number of rotatable bonds is 8. The van der Waals surface area contributed by atoms with Gasteiger partial charge < -0.3 is 10.0 Å². The summed E-state index contributed by atoms with van der Waals surface area (Å²) in [6.07, 6.45) is 16.6. The van der Waals surface area contributed by atoms with Gasteiger partial charge >= 0.3 is 5.97 Å². The van der Waals surface area contributed by atoms with E-state index < -0.39 is 5.97 Å². The van der Waals surface area contributed by atoms with Crippen molar-refractivity contribution in [3.63, 3.8) is 0 Å². The molecule has 4 nitrogen and oxygen atoms in total. The van der Waals surface area contributed by atoms with Crippen LogP contribution in [-0.2, 0) is 15.0 Å². The van der Waals surface area contributed by atoms with Gasteiger partial charge in [-0.2, -0.15) is 0 Å². The summed E-state index contributed by atoms with van der Waals surface area (Å²) in [4.78, 5) is 27.5. The molecule has 4 heteroatoms. The highest BCUT2D eigenvalue weighted by Crippen LogP contribution is 2.58. The van der Waals surface area contributed by atoms with Gasteiger partial charge in [-0.1, -0.05) is 55.7 Å². The van der Waals surface area contributed by atoms with Crippen LogP contribution in [0.3, 0.4) is 0 Å². The molecule has 0 unspecified atom stereocenters. The van der Waals surface area contributed by atoms with Crippen molar-refractivity contribution in [3.05, 3.63) is 71.3 Å². The second-order valence-corrected chi connectivity index (χ2v) is 13.2. The van der Waals surface area contributed by atoms with Gasteiger partial charge in [0.25, 0.3) is 0 Å². The lowest BCUT2D eigenvalue weighted by molar-refractivity contribution is -0.131. The summed E-state index contributed by atoms with van der Waals surface area (Å²) < 4.78 is 0. The van der Waals surface area contributed by atoms with Crippen LogP contribution >= 0.6 is 0 Å². The minimum atomic E-state index is -0.943. The average Bonchev–Trinajstić information content (AvgIpc) is 3.83. The smallest absolute Gasteiger partial charge is 0.328 e. The van der Waals surface area contributed by atoms with Crippen LogP contribution in [0.25, 0.3) is 5.57 Å². The van der Waals surface area contributed by atoms with E-state index in [-0.39, 0.29) is 17.2 Å². The van der Waals surface area contributed by atoms with Gasteiger partial charge in [-0.05, 0) is 122 Å². The maximum absolute atomic E-state index is 14.1. The fraction of sp³-hybridized carbons (Fsp3) is 0.543. The number of carbonyl (C=O) groups excluding carboxylic acids is 1. The standard InChI is InChI=1S/C35H43NO3/c1-25(22-32(37)38)29-8-5-9-31(23-29)36(33(39)28-6-3-2-4-7-28)24-34-16-19-35(20-17-34,21-18-34)30-14-12-27(13-15-30)26-10-11-26/h5,8-9,12-15,22-23,26,28H,2-4,6-7,10-11,16-21,24H2,1H3,(H,37,38)/b25-22+. The van der Waals surface area contributed by atoms with Crippen LogP contribution < -0.4 is 4.90 Å². The molecule has 2 aromatic carbocycles. The van der Waals surface area contributed by atoms with Crippen LogP contribution in [0.1, 0.15) is 113 Å². The summed E-state index contributed by atoms with van der Waals surface area (Å²) in [6.45, 7) is 2.61. The van der Waals surface area contributed by atoms with Crippen molar-refractivity contribution in [1.29, 1.82) is 0 Å². The summed E-state index contributed by atoms with van der Waals surface area (Å²) in [5.41, 5.74) is 6.03. The van der Waals surface area contributed by atoms with Crippen molar-refractivity contribution in [2.24, 2.45) is 11.3 Å². The maximum atomic E-state index is 14.1. The zero-order chi connectivity index (χ0) is 27.0. The first-order valence-electron chi connectivity index (χ1n) is 15.3. The Labute approximate surface area is 233 Å². The van der Waals surface area contributed by atoms with Crippen LogP contribution in [0.15, 0.2) is 54.6 Å². The number of benzene rings is 2. The summed E-state index contributed by atoms with van der Waals surface area (Å²) in [7, 11) is 0. The summed E-state index contributed by atoms with van der Waals surface area (Å²) in [5.74, 6) is 0.239. The second kappa shape index (κ2) is 10.6. The quantitative estimate of drug-likeness (QED) is 0.353. The lowest BCUT2D eigenvalue weighted by Gasteiger charge is -2.55. The number of carboxylic acid groups (broad SMARTS) is 1. The number of allylic oxidation sites excluding steroid dienone is 1. The van der Waals surface area contributed by atoms with E-state index >= 15 is 0 Å². The minimum Gasteiger partial charge on any atom is -0.478 e. The Balaban J connectivity index is 1.24. The lowest BCUT2D eigenvalue weighted by atomic mass is 9.51. The molecule has 5 aliphatic rings. The molecule has 0 atom stereocenters. The van der Waals surface area contributed by atoms with Gasteiger partial charge in [0.15, 0.2) is 0 Å². The highest BCUT2D eigenvalue weighted by atomic mass is 16.4. The number of aliphatic carboxylic acids is 1. The molecule has 0 radical (unpaired) electrons. The van der Waals surface area contributed by atoms with Crippen molar-refractivity contribution in [2.45, 2.75) is 102 Å². The molecule has 0 spiro atoms. The molecule has 5 aliphatic carbocycles. The number of amides is 1. The van der Waals surface area contributed by atoms with E-state index in [2.05, 4.69) is 29.2 Å². The monoisotopic (exact) mass is 525 g/mol. The Hall–Kier alpha value is -2.88. The van der Waals surface area contributed by atoms with Gasteiger partial charge in [0.05, 0.1) is 0 Å². The average molecular weight is 526 g/mol. The fourth-order valence-electron chi connectivity index (χ4n) is 7.85. The summed E-state index contributed by atoms with van der Waals surface area (Å²) in [6, 6.07) is 17.6.